The van der Waals surface area contributed by atoms with Gasteiger partial charge < -0.3 is 15.0 Å². The Morgan fingerprint density at radius 3 is 2.08 bits per heavy atom. The third-order valence-electron chi connectivity index (χ3n) is 4.67. The van der Waals surface area contributed by atoms with E-state index in [1.54, 1.807) is 0 Å². The van der Waals surface area contributed by atoms with Gasteiger partial charge in [-0.05, 0) is 44.1 Å². The number of carbonyl (C=O) groups is 1. The minimum atomic E-state index is -0.231. The molecule has 0 saturated carbocycles. The second kappa shape index (κ2) is 8.79. The van der Waals surface area contributed by atoms with Crippen molar-refractivity contribution in [2.24, 2.45) is 0 Å². The molecule has 0 spiro atoms. The molecule has 0 aliphatic carbocycles. The van der Waals surface area contributed by atoms with Gasteiger partial charge in [-0.3, -0.25) is 4.79 Å². The first-order chi connectivity index (χ1) is 12.2. The van der Waals surface area contributed by atoms with Gasteiger partial charge in [0.2, 0.25) is 5.91 Å². The van der Waals surface area contributed by atoms with E-state index in [-0.39, 0.29) is 24.7 Å². The third-order valence-corrected chi connectivity index (χ3v) is 4.67. The minimum Gasteiger partial charge on any atom is -0.359 e. The maximum atomic E-state index is 12.3. The molecule has 0 atom stereocenters. The summed E-state index contributed by atoms with van der Waals surface area (Å²) in [6.45, 7) is 2.13. The number of benzene rings is 2. The molecule has 2 aromatic rings. The largest absolute Gasteiger partial charge is 0.359 e. The van der Waals surface area contributed by atoms with Gasteiger partial charge in [-0.2, -0.15) is 0 Å². The molecule has 1 fully saturated rings. The van der Waals surface area contributed by atoms with Crippen LogP contribution in [0.2, 0.25) is 0 Å². The molecule has 25 heavy (non-hydrogen) atoms. The number of ether oxygens (including phenoxy) is 1. The predicted molar refractivity (Wildman–Crippen MR) is 99.3 cm³/mol. The molecule has 1 N–H and O–H groups in total. The normalized spacial score (nSPS) is 16.1. The van der Waals surface area contributed by atoms with E-state index in [2.05, 4.69) is 17.3 Å². The molecule has 132 valence electrons. The average Bonchev–Trinajstić information content (AvgIpc) is 2.66. The van der Waals surface area contributed by atoms with Crippen LogP contribution in [0.1, 0.15) is 30.1 Å². The molecule has 1 amide bonds. The molecule has 1 aliphatic heterocycles. The second-order valence-electron chi connectivity index (χ2n) is 6.66. The van der Waals surface area contributed by atoms with Crippen molar-refractivity contribution in [1.82, 2.24) is 10.2 Å². The zero-order valence-corrected chi connectivity index (χ0v) is 14.7. The van der Waals surface area contributed by atoms with Gasteiger partial charge in [-0.25, -0.2) is 0 Å². The number of rotatable bonds is 6. The quantitative estimate of drug-likeness (QED) is 0.880. The van der Waals surface area contributed by atoms with E-state index < -0.39 is 0 Å². The summed E-state index contributed by atoms with van der Waals surface area (Å²) in [6, 6.07) is 20.3. The molecule has 0 aromatic heterocycles. The number of nitrogens with zero attached hydrogens (tertiary/aromatic N) is 1. The lowest BCUT2D eigenvalue weighted by Crippen LogP contribution is -2.44. The van der Waals surface area contributed by atoms with E-state index in [9.17, 15) is 4.79 Å². The summed E-state index contributed by atoms with van der Waals surface area (Å²) in [7, 11) is 2.12. The molecule has 1 heterocycles. The van der Waals surface area contributed by atoms with Gasteiger partial charge in [0.1, 0.15) is 12.7 Å². The van der Waals surface area contributed by atoms with Gasteiger partial charge in [0.15, 0.2) is 0 Å². The van der Waals surface area contributed by atoms with Crippen molar-refractivity contribution in [2.45, 2.75) is 25.0 Å². The number of piperidine rings is 1. The summed E-state index contributed by atoms with van der Waals surface area (Å²) in [5, 5.41) is 3.11. The summed E-state index contributed by atoms with van der Waals surface area (Å²) in [5.74, 6) is -0.0357. The molecule has 4 nitrogen and oxygen atoms in total. The van der Waals surface area contributed by atoms with Crippen molar-refractivity contribution >= 4 is 5.91 Å². The Labute approximate surface area is 149 Å². The number of carbonyl (C=O) groups excluding carboxylic acids is 1. The first-order valence-electron chi connectivity index (χ1n) is 8.92. The molecule has 0 unspecified atom stereocenters. The summed E-state index contributed by atoms with van der Waals surface area (Å²) < 4.78 is 6.02. The summed E-state index contributed by atoms with van der Waals surface area (Å²) in [4.78, 5) is 14.6. The Bertz CT molecular complexity index is 613. The zero-order chi connectivity index (χ0) is 17.5. The number of likely N-dealkylation sites (tertiary alicyclic amines) is 1. The summed E-state index contributed by atoms with van der Waals surface area (Å²) >= 11 is 0. The molecule has 2 aromatic carbocycles. The summed E-state index contributed by atoms with van der Waals surface area (Å²) in [6.07, 6.45) is 1.78. The van der Waals surface area contributed by atoms with Crippen molar-refractivity contribution < 1.29 is 9.53 Å². The SMILES string of the molecule is CN1CCC(NC(=O)COC(c2ccccc2)c2ccccc2)CC1. The molecule has 3 rings (SSSR count). The highest BCUT2D eigenvalue weighted by atomic mass is 16.5. The van der Waals surface area contributed by atoms with Gasteiger partial charge in [0.05, 0.1) is 0 Å². The Morgan fingerprint density at radius 2 is 1.56 bits per heavy atom. The van der Waals surface area contributed by atoms with Crippen LogP contribution in [0.15, 0.2) is 60.7 Å². The van der Waals surface area contributed by atoms with Gasteiger partial charge in [0, 0.05) is 6.04 Å². The van der Waals surface area contributed by atoms with Gasteiger partial charge in [-0.1, -0.05) is 60.7 Å². The van der Waals surface area contributed by atoms with Gasteiger partial charge in [-0.15, -0.1) is 0 Å². The van der Waals surface area contributed by atoms with Crippen LogP contribution < -0.4 is 5.32 Å². The standard InChI is InChI=1S/C21H26N2O2/c1-23-14-12-19(13-15-23)22-20(24)16-25-21(17-8-4-2-5-9-17)18-10-6-3-7-11-18/h2-11,19,21H,12-16H2,1H3,(H,22,24). The fraction of sp³-hybridized carbons (Fsp3) is 0.381. The highest BCUT2D eigenvalue weighted by Crippen LogP contribution is 2.25. The van der Waals surface area contributed by atoms with Crippen LogP contribution >= 0.6 is 0 Å². The van der Waals surface area contributed by atoms with Crippen molar-refractivity contribution in [1.29, 1.82) is 0 Å². The zero-order valence-electron chi connectivity index (χ0n) is 14.7. The van der Waals surface area contributed by atoms with Crippen molar-refractivity contribution in [3.8, 4) is 0 Å². The molecule has 0 bridgehead atoms. The molecular weight excluding hydrogens is 312 g/mol. The fourth-order valence-corrected chi connectivity index (χ4v) is 3.22. The first kappa shape index (κ1) is 17.6. The minimum absolute atomic E-state index is 0.0357. The van der Waals surface area contributed by atoms with E-state index >= 15 is 0 Å². The molecule has 0 radical (unpaired) electrons. The topological polar surface area (TPSA) is 41.6 Å². The lowest BCUT2D eigenvalue weighted by Gasteiger charge is -2.29. The number of hydrogen-bond donors (Lipinski definition) is 1. The Morgan fingerprint density at radius 1 is 1.04 bits per heavy atom. The maximum Gasteiger partial charge on any atom is 0.246 e. The van der Waals surface area contributed by atoms with E-state index in [0.29, 0.717) is 0 Å². The van der Waals surface area contributed by atoms with Crippen molar-refractivity contribution in [3.63, 3.8) is 0 Å². The van der Waals surface area contributed by atoms with Crippen LogP contribution in [-0.2, 0) is 9.53 Å². The van der Waals surface area contributed by atoms with Crippen LogP contribution in [0.4, 0.5) is 0 Å². The van der Waals surface area contributed by atoms with Crippen LogP contribution in [-0.4, -0.2) is 43.6 Å². The van der Waals surface area contributed by atoms with Crippen LogP contribution in [0.5, 0.6) is 0 Å². The van der Waals surface area contributed by atoms with E-state index in [1.165, 1.54) is 0 Å². The van der Waals surface area contributed by atoms with Gasteiger partial charge in [0.25, 0.3) is 0 Å². The van der Waals surface area contributed by atoms with Crippen LogP contribution in [0.3, 0.4) is 0 Å². The predicted octanol–water partition coefficient (Wildman–Crippen LogP) is 3.00. The van der Waals surface area contributed by atoms with Crippen LogP contribution in [0.25, 0.3) is 0 Å². The second-order valence-corrected chi connectivity index (χ2v) is 6.66. The van der Waals surface area contributed by atoms with E-state index in [0.717, 1.165) is 37.1 Å². The number of amides is 1. The Hall–Kier alpha value is -2.17. The van der Waals surface area contributed by atoms with Crippen molar-refractivity contribution in [3.05, 3.63) is 71.8 Å². The molecule has 4 heteroatoms. The highest BCUT2D eigenvalue weighted by Gasteiger charge is 2.20. The van der Waals surface area contributed by atoms with Crippen LogP contribution in [0, 0.1) is 0 Å². The monoisotopic (exact) mass is 338 g/mol. The Kier molecular flexibility index (Phi) is 6.20. The number of hydrogen-bond acceptors (Lipinski definition) is 3. The lowest BCUT2D eigenvalue weighted by molar-refractivity contribution is -0.128. The number of nitrogens with one attached hydrogen (secondary N) is 1. The maximum absolute atomic E-state index is 12.3. The van der Waals surface area contributed by atoms with Crippen molar-refractivity contribution in [2.75, 3.05) is 26.7 Å². The summed E-state index contributed by atoms with van der Waals surface area (Å²) in [5.41, 5.74) is 2.11. The highest BCUT2D eigenvalue weighted by molar-refractivity contribution is 5.77. The third kappa shape index (κ3) is 5.15. The van der Waals surface area contributed by atoms with E-state index in [4.69, 9.17) is 4.74 Å². The fourth-order valence-electron chi connectivity index (χ4n) is 3.22. The van der Waals surface area contributed by atoms with Gasteiger partial charge >= 0.3 is 0 Å². The van der Waals surface area contributed by atoms with E-state index in [1.807, 2.05) is 60.7 Å². The molecule has 1 saturated heterocycles. The smallest absolute Gasteiger partial charge is 0.246 e. The average molecular weight is 338 g/mol. The first-order valence-corrected chi connectivity index (χ1v) is 8.92. The lowest BCUT2D eigenvalue weighted by atomic mass is 10.0. The molecule has 1 aliphatic rings. The Balaban J connectivity index is 1.60. The molecular formula is C21H26N2O2.